The van der Waals surface area contributed by atoms with Gasteiger partial charge in [0.1, 0.15) is 11.2 Å². The lowest BCUT2D eigenvalue weighted by atomic mass is 9.95. The van der Waals surface area contributed by atoms with Crippen LogP contribution in [0.15, 0.2) is 180 Å². The van der Waals surface area contributed by atoms with Crippen LogP contribution in [0.25, 0.3) is 109 Å². The van der Waals surface area contributed by atoms with Gasteiger partial charge >= 0.3 is 0 Å². The summed E-state index contributed by atoms with van der Waals surface area (Å²) in [6.45, 7) is 0. The molecule has 11 aromatic rings. The van der Waals surface area contributed by atoms with Crippen LogP contribution in [0.5, 0.6) is 0 Å². The summed E-state index contributed by atoms with van der Waals surface area (Å²) in [5, 5.41) is 6.96. The predicted molar refractivity (Wildman–Crippen MR) is 225 cm³/mol. The molecular formula is C49H29N3OS. The zero-order valence-corrected chi connectivity index (χ0v) is 29.7. The van der Waals surface area contributed by atoms with E-state index in [9.17, 15) is 0 Å². The minimum Gasteiger partial charge on any atom is -0.455 e. The molecule has 0 aliphatic heterocycles. The Bertz CT molecular complexity index is 3220. The zero-order chi connectivity index (χ0) is 35.6. The van der Waals surface area contributed by atoms with E-state index in [2.05, 4.69) is 146 Å². The van der Waals surface area contributed by atoms with Gasteiger partial charge in [-0.2, -0.15) is 0 Å². The van der Waals surface area contributed by atoms with Crippen LogP contribution in [0, 0.1) is 0 Å². The third-order valence-electron chi connectivity index (χ3n) is 10.3. The van der Waals surface area contributed by atoms with Gasteiger partial charge in [0.05, 0.1) is 0 Å². The molecule has 5 heteroatoms. The van der Waals surface area contributed by atoms with Crippen molar-refractivity contribution in [1.82, 2.24) is 15.0 Å². The van der Waals surface area contributed by atoms with Crippen molar-refractivity contribution >= 4 is 64.2 Å². The molecule has 0 N–H and O–H groups in total. The highest BCUT2D eigenvalue weighted by Crippen LogP contribution is 2.41. The Hall–Kier alpha value is -6.95. The van der Waals surface area contributed by atoms with Crippen LogP contribution in [0.1, 0.15) is 0 Å². The normalized spacial score (nSPS) is 11.7. The second kappa shape index (κ2) is 12.3. The summed E-state index contributed by atoms with van der Waals surface area (Å²) in [6.07, 6.45) is 0. The highest BCUT2D eigenvalue weighted by Gasteiger charge is 2.17. The van der Waals surface area contributed by atoms with E-state index in [1.165, 1.54) is 36.7 Å². The number of aromatic nitrogens is 3. The van der Waals surface area contributed by atoms with Crippen LogP contribution in [0.3, 0.4) is 0 Å². The van der Waals surface area contributed by atoms with Crippen LogP contribution < -0.4 is 0 Å². The minimum atomic E-state index is 0.626. The monoisotopic (exact) mass is 707 g/mol. The fourth-order valence-corrected chi connectivity index (χ4v) is 8.77. The maximum absolute atomic E-state index is 6.68. The molecule has 3 heterocycles. The zero-order valence-electron chi connectivity index (χ0n) is 28.9. The Balaban J connectivity index is 1.04. The van der Waals surface area contributed by atoms with Crippen molar-refractivity contribution in [3.05, 3.63) is 176 Å². The number of furan rings is 1. The molecule has 0 atom stereocenters. The quantitative estimate of drug-likeness (QED) is 0.179. The molecule has 11 rings (SSSR count). The molecule has 0 unspecified atom stereocenters. The lowest BCUT2D eigenvalue weighted by Crippen LogP contribution is -2.00. The van der Waals surface area contributed by atoms with Gasteiger partial charge in [0.25, 0.3) is 0 Å². The number of thiophene rings is 1. The summed E-state index contributed by atoms with van der Waals surface area (Å²) in [4.78, 5) is 15.2. The fraction of sp³-hybridized carbons (Fsp3) is 0. The summed E-state index contributed by atoms with van der Waals surface area (Å²) in [6, 6.07) is 61.5. The molecular weight excluding hydrogens is 679 g/mol. The maximum Gasteiger partial charge on any atom is 0.164 e. The van der Waals surface area contributed by atoms with Gasteiger partial charge in [-0.1, -0.05) is 127 Å². The van der Waals surface area contributed by atoms with Gasteiger partial charge in [-0.15, -0.1) is 11.3 Å². The first-order valence-electron chi connectivity index (χ1n) is 18.0. The van der Waals surface area contributed by atoms with Crippen molar-refractivity contribution < 1.29 is 4.42 Å². The van der Waals surface area contributed by atoms with Gasteiger partial charge in [0.15, 0.2) is 17.5 Å². The van der Waals surface area contributed by atoms with Crippen LogP contribution >= 0.6 is 11.3 Å². The second-order valence-electron chi connectivity index (χ2n) is 13.6. The molecule has 0 saturated carbocycles. The lowest BCUT2D eigenvalue weighted by molar-refractivity contribution is 0.673. The Labute approximate surface area is 314 Å². The van der Waals surface area contributed by atoms with E-state index < -0.39 is 0 Å². The van der Waals surface area contributed by atoms with Crippen molar-refractivity contribution in [3.63, 3.8) is 0 Å². The number of rotatable bonds is 5. The molecule has 0 saturated heterocycles. The van der Waals surface area contributed by atoms with E-state index in [0.29, 0.717) is 17.5 Å². The van der Waals surface area contributed by atoms with Gasteiger partial charge in [-0.3, -0.25) is 0 Å². The molecule has 0 bridgehead atoms. The van der Waals surface area contributed by atoms with Gasteiger partial charge in [0, 0.05) is 53.0 Å². The third-order valence-corrected chi connectivity index (χ3v) is 11.5. The minimum absolute atomic E-state index is 0.626. The molecule has 4 nitrogen and oxygen atoms in total. The topological polar surface area (TPSA) is 51.8 Å². The SMILES string of the molecule is c1ccc(-c2nc(-c3cccc(-c4ccc5c(c4)oc4c6ccccc6c(-c6ccccc6)cc54)c3)nc(-c3ccc4sc5ccccc5c4c3)n2)cc1. The Morgan fingerprint density at radius 3 is 1.70 bits per heavy atom. The summed E-state index contributed by atoms with van der Waals surface area (Å²) in [5.74, 6) is 1.91. The van der Waals surface area contributed by atoms with Crippen molar-refractivity contribution in [1.29, 1.82) is 0 Å². The predicted octanol–water partition coefficient (Wildman–Crippen LogP) is 13.6. The van der Waals surface area contributed by atoms with Crippen LogP contribution in [-0.4, -0.2) is 15.0 Å². The molecule has 54 heavy (non-hydrogen) atoms. The highest BCUT2D eigenvalue weighted by molar-refractivity contribution is 7.25. The largest absolute Gasteiger partial charge is 0.455 e. The standard InChI is InChI=1S/C49H29N3OS/c1-3-12-30(13-4-1)40-29-42-37-24-22-33(28-43(37)53-46(42)39-20-8-7-18-36(39)40)32-16-11-17-34(26-32)48-50-47(31-14-5-2-6-15-31)51-49(52-48)35-23-25-45-41(27-35)38-19-9-10-21-44(38)54-45/h1-29H. The average Bonchev–Trinajstić information content (AvgIpc) is 3.82. The molecule has 252 valence electrons. The second-order valence-corrected chi connectivity index (χ2v) is 14.7. The Morgan fingerprint density at radius 1 is 0.333 bits per heavy atom. The average molecular weight is 708 g/mol. The molecule has 8 aromatic carbocycles. The van der Waals surface area contributed by atoms with Gasteiger partial charge in [-0.25, -0.2) is 15.0 Å². The maximum atomic E-state index is 6.68. The van der Waals surface area contributed by atoms with E-state index in [4.69, 9.17) is 19.4 Å². The van der Waals surface area contributed by atoms with E-state index in [-0.39, 0.29) is 0 Å². The van der Waals surface area contributed by atoms with E-state index in [1.807, 2.05) is 30.3 Å². The van der Waals surface area contributed by atoms with Gasteiger partial charge in [0.2, 0.25) is 0 Å². The molecule has 0 amide bonds. The van der Waals surface area contributed by atoms with E-state index >= 15 is 0 Å². The van der Waals surface area contributed by atoms with E-state index in [0.717, 1.165) is 55.1 Å². The van der Waals surface area contributed by atoms with Crippen molar-refractivity contribution in [3.8, 4) is 56.4 Å². The Morgan fingerprint density at radius 2 is 0.907 bits per heavy atom. The van der Waals surface area contributed by atoms with Crippen LogP contribution in [0.4, 0.5) is 0 Å². The van der Waals surface area contributed by atoms with Crippen LogP contribution in [0.2, 0.25) is 0 Å². The van der Waals surface area contributed by atoms with Crippen LogP contribution in [-0.2, 0) is 0 Å². The summed E-state index contributed by atoms with van der Waals surface area (Å²) >= 11 is 1.81. The third kappa shape index (κ3) is 5.09. The van der Waals surface area contributed by atoms with Crippen molar-refractivity contribution in [2.24, 2.45) is 0 Å². The van der Waals surface area contributed by atoms with E-state index in [1.54, 1.807) is 11.3 Å². The number of nitrogens with zero attached hydrogens (tertiary/aromatic N) is 3. The van der Waals surface area contributed by atoms with Crippen molar-refractivity contribution in [2.75, 3.05) is 0 Å². The first-order chi connectivity index (χ1) is 26.7. The molecule has 0 radical (unpaired) electrons. The molecule has 0 fully saturated rings. The molecule has 0 aliphatic rings. The van der Waals surface area contributed by atoms with Crippen molar-refractivity contribution in [2.45, 2.75) is 0 Å². The first-order valence-corrected chi connectivity index (χ1v) is 18.8. The molecule has 3 aromatic heterocycles. The molecule has 0 aliphatic carbocycles. The lowest BCUT2D eigenvalue weighted by Gasteiger charge is -2.10. The Kier molecular flexibility index (Phi) is 7.00. The molecule has 0 spiro atoms. The fourth-order valence-electron chi connectivity index (χ4n) is 7.69. The smallest absolute Gasteiger partial charge is 0.164 e. The first kappa shape index (κ1) is 30.7. The highest BCUT2D eigenvalue weighted by atomic mass is 32.1. The summed E-state index contributed by atoms with van der Waals surface area (Å²) < 4.78 is 9.20. The number of fused-ring (bicyclic) bond motifs is 8. The number of hydrogen-bond acceptors (Lipinski definition) is 5. The van der Waals surface area contributed by atoms with Gasteiger partial charge < -0.3 is 4.42 Å². The number of hydrogen-bond donors (Lipinski definition) is 0. The number of benzene rings is 8. The summed E-state index contributed by atoms with van der Waals surface area (Å²) in [7, 11) is 0. The summed E-state index contributed by atoms with van der Waals surface area (Å²) in [5.41, 5.74) is 9.09. The van der Waals surface area contributed by atoms with Gasteiger partial charge in [-0.05, 0) is 76.2 Å².